The lowest BCUT2D eigenvalue weighted by Gasteiger charge is -2.12. The Balaban J connectivity index is 0.000000161. The van der Waals surface area contributed by atoms with Crippen LogP contribution in [0.4, 0.5) is 11.4 Å². The first-order valence-corrected chi connectivity index (χ1v) is 9.60. The maximum absolute atomic E-state index is 11.0. The summed E-state index contributed by atoms with van der Waals surface area (Å²) in [6.45, 7) is 1.46. The minimum absolute atomic E-state index is 0.0752. The molecule has 4 rings (SSSR count). The van der Waals surface area contributed by atoms with Gasteiger partial charge in [0.25, 0.3) is 0 Å². The molecule has 3 aromatic rings. The number of hydrogen-bond donors (Lipinski definition) is 2. The third-order valence-electron chi connectivity index (χ3n) is 4.34. The van der Waals surface area contributed by atoms with E-state index in [0.717, 1.165) is 24.0 Å². The standard InChI is InChI=1S/C11H12ClNO.C8H7ClN4O/c1-8(14)13(12)11-6-5-9-3-2-4-10(9)7-11;9-4-7(14)10-5-2-1-3-6-8(5)12-13-11-6/h5-7H,2-4H2,1H3;1-3H,4H2,(H,10,14)(H,11,12,13). The summed E-state index contributed by atoms with van der Waals surface area (Å²) in [6.07, 6.45) is 3.46. The van der Waals surface area contributed by atoms with Crippen molar-refractivity contribution in [1.29, 1.82) is 0 Å². The predicted molar refractivity (Wildman–Crippen MR) is 111 cm³/mol. The van der Waals surface area contributed by atoms with Gasteiger partial charge in [0.1, 0.15) is 11.4 Å². The fourth-order valence-corrected chi connectivity index (χ4v) is 3.19. The molecular formula is C19H19Cl2N5O2. The van der Waals surface area contributed by atoms with Crippen molar-refractivity contribution in [3.8, 4) is 0 Å². The molecule has 28 heavy (non-hydrogen) atoms. The maximum atomic E-state index is 11.0. The number of halogens is 2. The van der Waals surface area contributed by atoms with Gasteiger partial charge in [-0.2, -0.15) is 0 Å². The van der Waals surface area contributed by atoms with Crippen LogP contribution in [-0.2, 0) is 22.4 Å². The van der Waals surface area contributed by atoms with E-state index >= 15 is 0 Å². The highest BCUT2D eigenvalue weighted by Gasteiger charge is 2.14. The second-order valence-corrected chi connectivity index (χ2v) is 6.91. The largest absolute Gasteiger partial charge is 0.323 e. The van der Waals surface area contributed by atoms with Crippen molar-refractivity contribution < 1.29 is 9.59 Å². The van der Waals surface area contributed by atoms with Crippen molar-refractivity contribution in [2.75, 3.05) is 15.6 Å². The number of aromatic amines is 1. The Hall–Kier alpha value is -2.64. The van der Waals surface area contributed by atoms with Crippen LogP contribution in [0.2, 0.25) is 0 Å². The van der Waals surface area contributed by atoms with Crippen molar-refractivity contribution >= 4 is 57.6 Å². The Morgan fingerprint density at radius 2 is 2.00 bits per heavy atom. The highest BCUT2D eigenvalue weighted by Crippen LogP contribution is 2.27. The average molecular weight is 420 g/mol. The summed E-state index contributed by atoms with van der Waals surface area (Å²) in [4.78, 5) is 22.1. The van der Waals surface area contributed by atoms with Crippen molar-refractivity contribution in [2.45, 2.75) is 26.2 Å². The van der Waals surface area contributed by atoms with Crippen LogP contribution in [0, 0.1) is 0 Å². The summed E-state index contributed by atoms with van der Waals surface area (Å²) in [6, 6.07) is 11.3. The van der Waals surface area contributed by atoms with Crippen molar-refractivity contribution in [2.24, 2.45) is 0 Å². The number of carbonyl (C=O) groups is 2. The minimum atomic E-state index is -0.262. The van der Waals surface area contributed by atoms with Gasteiger partial charge in [-0.1, -0.05) is 17.3 Å². The number of hydrogen-bond acceptors (Lipinski definition) is 4. The molecule has 0 spiro atoms. The van der Waals surface area contributed by atoms with Crippen LogP contribution in [-0.4, -0.2) is 33.1 Å². The van der Waals surface area contributed by atoms with E-state index in [9.17, 15) is 9.59 Å². The Morgan fingerprint density at radius 3 is 2.75 bits per heavy atom. The molecule has 146 valence electrons. The van der Waals surface area contributed by atoms with Gasteiger partial charge in [-0.3, -0.25) is 14.7 Å². The number of fused-ring (bicyclic) bond motifs is 2. The molecule has 0 bridgehead atoms. The topological polar surface area (TPSA) is 91.0 Å². The Kier molecular flexibility index (Phi) is 6.49. The lowest BCUT2D eigenvalue weighted by atomic mass is 10.1. The summed E-state index contributed by atoms with van der Waals surface area (Å²) >= 11 is 11.2. The number of nitrogens with zero attached hydrogens (tertiary/aromatic N) is 3. The molecule has 9 heteroatoms. The number of aryl methyl sites for hydroxylation is 2. The van der Waals surface area contributed by atoms with E-state index < -0.39 is 0 Å². The van der Waals surface area contributed by atoms with Crippen molar-refractivity contribution in [3.05, 3.63) is 47.5 Å². The Morgan fingerprint density at radius 1 is 1.21 bits per heavy atom. The lowest BCUT2D eigenvalue weighted by molar-refractivity contribution is -0.115. The summed E-state index contributed by atoms with van der Waals surface area (Å²) in [7, 11) is 0. The van der Waals surface area contributed by atoms with E-state index in [0.29, 0.717) is 11.2 Å². The molecule has 1 heterocycles. The Labute approximate surface area is 172 Å². The molecule has 1 aliphatic rings. The molecule has 7 nitrogen and oxygen atoms in total. The van der Waals surface area contributed by atoms with Crippen LogP contribution in [0.1, 0.15) is 24.5 Å². The third kappa shape index (κ3) is 4.61. The summed E-state index contributed by atoms with van der Waals surface area (Å²) in [5.74, 6) is -0.486. The van der Waals surface area contributed by atoms with Gasteiger partial charge in [0.2, 0.25) is 11.8 Å². The van der Waals surface area contributed by atoms with E-state index in [1.54, 1.807) is 12.1 Å². The zero-order valence-electron chi connectivity index (χ0n) is 15.2. The second-order valence-electron chi connectivity index (χ2n) is 6.30. The quantitative estimate of drug-likeness (QED) is 0.498. The maximum Gasteiger partial charge on any atom is 0.239 e. The van der Waals surface area contributed by atoms with Gasteiger partial charge in [-0.15, -0.1) is 16.7 Å². The molecule has 1 aliphatic carbocycles. The van der Waals surface area contributed by atoms with Gasteiger partial charge >= 0.3 is 0 Å². The monoisotopic (exact) mass is 419 g/mol. The lowest BCUT2D eigenvalue weighted by Crippen LogP contribution is -2.16. The molecule has 0 radical (unpaired) electrons. The number of aromatic nitrogens is 3. The van der Waals surface area contributed by atoms with Crippen molar-refractivity contribution in [1.82, 2.24) is 15.4 Å². The molecule has 0 atom stereocenters. The van der Waals surface area contributed by atoms with Crippen LogP contribution in [0.3, 0.4) is 0 Å². The van der Waals surface area contributed by atoms with Crippen LogP contribution >= 0.6 is 23.4 Å². The number of rotatable bonds is 3. The van der Waals surface area contributed by atoms with Crippen LogP contribution in [0.25, 0.3) is 11.0 Å². The summed E-state index contributed by atoms with van der Waals surface area (Å²) in [5.41, 5.74) is 5.52. The summed E-state index contributed by atoms with van der Waals surface area (Å²) < 4.78 is 1.17. The molecule has 2 amide bonds. The third-order valence-corrected chi connectivity index (χ3v) is 5.01. The minimum Gasteiger partial charge on any atom is -0.323 e. The Bertz CT molecular complexity index is 1000. The molecule has 0 unspecified atom stereocenters. The first-order chi connectivity index (χ1) is 13.5. The SMILES string of the molecule is CC(=O)N(Cl)c1ccc2c(c1)CCC2.O=C(CCl)Nc1cccc2[nH]nnc12. The van der Waals surface area contributed by atoms with Gasteiger partial charge in [-0.25, -0.2) is 4.42 Å². The van der Waals surface area contributed by atoms with E-state index in [4.69, 9.17) is 23.4 Å². The number of benzene rings is 2. The number of anilines is 2. The number of H-pyrrole nitrogens is 1. The zero-order chi connectivity index (χ0) is 20.1. The van der Waals surface area contributed by atoms with Gasteiger partial charge in [-0.05, 0) is 54.7 Å². The van der Waals surface area contributed by atoms with Gasteiger partial charge in [0, 0.05) is 18.7 Å². The number of carbonyl (C=O) groups excluding carboxylic acids is 2. The van der Waals surface area contributed by atoms with Crippen LogP contribution in [0.5, 0.6) is 0 Å². The highest BCUT2D eigenvalue weighted by molar-refractivity contribution is 6.36. The average Bonchev–Trinajstić information content (AvgIpc) is 3.36. The first-order valence-electron chi connectivity index (χ1n) is 8.73. The normalized spacial score (nSPS) is 12.1. The van der Waals surface area contributed by atoms with E-state index in [1.165, 1.54) is 28.9 Å². The molecule has 0 saturated heterocycles. The van der Waals surface area contributed by atoms with E-state index in [1.807, 2.05) is 18.2 Å². The van der Waals surface area contributed by atoms with E-state index in [-0.39, 0.29) is 17.7 Å². The molecule has 2 aromatic carbocycles. The number of nitrogens with one attached hydrogen (secondary N) is 2. The molecule has 2 N–H and O–H groups in total. The van der Waals surface area contributed by atoms with E-state index in [2.05, 4.69) is 26.8 Å². The molecule has 0 aliphatic heterocycles. The zero-order valence-corrected chi connectivity index (χ0v) is 16.7. The molecule has 0 saturated carbocycles. The van der Waals surface area contributed by atoms with Crippen molar-refractivity contribution in [3.63, 3.8) is 0 Å². The van der Waals surface area contributed by atoms with Crippen LogP contribution in [0.15, 0.2) is 36.4 Å². The second kappa shape index (κ2) is 9.03. The molecule has 1 aromatic heterocycles. The fraction of sp³-hybridized carbons (Fsp3) is 0.263. The summed E-state index contributed by atoms with van der Waals surface area (Å²) in [5, 5.41) is 12.8. The first kappa shape index (κ1) is 20.1. The smallest absolute Gasteiger partial charge is 0.239 e. The van der Waals surface area contributed by atoms with Gasteiger partial charge < -0.3 is 5.32 Å². The fourth-order valence-electron chi connectivity index (χ4n) is 3.02. The predicted octanol–water partition coefficient (Wildman–Crippen LogP) is 3.82. The highest BCUT2D eigenvalue weighted by atomic mass is 35.5. The molecular weight excluding hydrogens is 401 g/mol. The number of alkyl halides is 1. The molecule has 0 fully saturated rings. The van der Waals surface area contributed by atoms with Gasteiger partial charge in [0.15, 0.2) is 0 Å². The number of amides is 2. The van der Waals surface area contributed by atoms with Crippen LogP contribution < -0.4 is 9.74 Å². The van der Waals surface area contributed by atoms with Gasteiger partial charge in [0.05, 0.1) is 16.9 Å².